The molecular weight excluding hydrogens is 369 g/mol. The highest BCUT2D eigenvalue weighted by Gasteiger charge is 2.24. The van der Waals surface area contributed by atoms with Gasteiger partial charge in [-0.3, -0.25) is 9.78 Å². The van der Waals surface area contributed by atoms with E-state index in [1.807, 2.05) is 0 Å². The fraction of sp³-hybridized carbons (Fsp3) is 0.478. The molecule has 1 aromatic carbocycles. The molecule has 2 saturated heterocycles. The van der Waals surface area contributed by atoms with Crippen LogP contribution in [0.15, 0.2) is 42.6 Å². The van der Waals surface area contributed by atoms with Gasteiger partial charge in [-0.15, -0.1) is 0 Å². The van der Waals surface area contributed by atoms with Crippen LogP contribution in [0.5, 0.6) is 0 Å². The fourth-order valence-corrected chi connectivity index (χ4v) is 4.17. The Balaban J connectivity index is 1.26. The summed E-state index contributed by atoms with van der Waals surface area (Å²) in [7, 11) is 0. The van der Waals surface area contributed by atoms with Gasteiger partial charge >= 0.3 is 0 Å². The minimum absolute atomic E-state index is 0.0915. The molecule has 1 aromatic heterocycles. The lowest BCUT2D eigenvalue weighted by Gasteiger charge is -2.35. The predicted molar refractivity (Wildman–Crippen MR) is 110 cm³/mol. The van der Waals surface area contributed by atoms with Crippen LogP contribution in [-0.4, -0.2) is 54.7 Å². The molecule has 2 aliphatic rings. The van der Waals surface area contributed by atoms with E-state index in [1.54, 1.807) is 30.5 Å². The number of carbonyl (C=O) groups is 1. The van der Waals surface area contributed by atoms with Crippen LogP contribution in [0.2, 0.25) is 0 Å². The van der Waals surface area contributed by atoms with E-state index in [-0.39, 0.29) is 17.8 Å². The summed E-state index contributed by atoms with van der Waals surface area (Å²) in [5.74, 6) is 0.359. The molecule has 4 rings (SSSR count). The lowest BCUT2D eigenvalue weighted by Crippen LogP contribution is -2.46. The van der Waals surface area contributed by atoms with Crippen molar-refractivity contribution in [3.63, 3.8) is 0 Å². The smallest absolute Gasteiger partial charge is 0.253 e. The van der Waals surface area contributed by atoms with Crippen molar-refractivity contribution in [2.45, 2.75) is 31.7 Å². The molecule has 5 nitrogen and oxygen atoms in total. The average molecular weight is 397 g/mol. The van der Waals surface area contributed by atoms with E-state index in [4.69, 9.17) is 4.74 Å². The van der Waals surface area contributed by atoms with Crippen molar-refractivity contribution >= 4 is 5.91 Å². The number of pyridine rings is 1. The zero-order chi connectivity index (χ0) is 20.1. The normalized spacial score (nSPS) is 19.2. The molecule has 29 heavy (non-hydrogen) atoms. The summed E-state index contributed by atoms with van der Waals surface area (Å²) >= 11 is 0. The van der Waals surface area contributed by atoms with Crippen molar-refractivity contribution in [1.82, 2.24) is 15.2 Å². The first-order valence-corrected chi connectivity index (χ1v) is 10.5. The summed E-state index contributed by atoms with van der Waals surface area (Å²) in [5.41, 5.74) is 1.89. The van der Waals surface area contributed by atoms with Gasteiger partial charge in [0.15, 0.2) is 0 Å². The Labute approximate surface area is 171 Å². The lowest BCUT2D eigenvalue weighted by molar-refractivity contribution is 0.0478. The van der Waals surface area contributed by atoms with Crippen LogP contribution in [0.4, 0.5) is 4.39 Å². The van der Waals surface area contributed by atoms with Gasteiger partial charge < -0.3 is 15.0 Å². The maximum absolute atomic E-state index is 13.4. The van der Waals surface area contributed by atoms with Gasteiger partial charge in [0.1, 0.15) is 5.82 Å². The maximum Gasteiger partial charge on any atom is 0.253 e. The molecule has 0 aliphatic carbocycles. The molecule has 2 aliphatic heterocycles. The number of benzene rings is 1. The summed E-state index contributed by atoms with van der Waals surface area (Å²) < 4.78 is 18.8. The average Bonchev–Trinajstić information content (AvgIpc) is 2.76. The minimum Gasteiger partial charge on any atom is -0.381 e. The first kappa shape index (κ1) is 20.0. The van der Waals surface area contributed by atoms with Crippen LogP contribution in [0.3, 0.4) is 0 Å². The van der Waals surface area contributed by atoms with E-state index in [0.717, 1.165) is 64.4 Å². The SMILES string of the molecule is O=C(NC1CCN(CC2CCOCC2)CC1)c1ccc(-c2cccc(F)c2)nc1. The van der Waals surface area contributed by atoms with Crippen LogP contribution in [0.25, 0.3) is 11.3 Å². The van der Waals surface area contributed by atoms with Gasteiger partial charge in [0, 0.05) is 50.7 Å². The molecule has 154 valence electrons. The number of hydrogen-bond donors (Lipinski definition) is 1. The Morgan fingerprint density at radius 3 is 2.62 bits per heavy atom. The van der Waals surface area contributed by atoms with Crippen LogP contribution in [-0.2, 0) is 4.74 Å². The first-order chi connectivity index (χ1) is 14.2. The maximum atomic E-state index is 13.4. The third-order valence-corrected chi connectivity index (χ3v) is 5.93. The summed E-state index contributed by atoms with van der Waals surface area (Å²) in [6.45, 7) is 4.99. The number of piperidine rings is 1. The monoisotopic (exact) mass is 397 g/mol. The molecule has 0 saturated carbocycles. The van der Waals surface area contributed by atoms with Crippen molar-refractivity contribution in [3.8, 4) is 11.3 Å². The van der Waals surface area contributed by atoms with Crippen LogP contribution < -0.4 is 5.32 Å². The number of halogens is 1. The highest BCUT2D eigenvalue weighted by atomic mass is 19.1. The molecule has 2 fully saturated rings. The minimum atomic E-state index is -0.297. The van der Waals surface area contributed by atoms with Gasteiger partial charge in [-0.2, -0.15) is 0 Å². The molecule has 1 N–H and O–H groups in total. The van der Waals surface area contributed by atoms with Crippen molar-refractivity contribution < 1.29 is 13.9 Å². The fourth-order valence-electron chi connectivity index (χ4n) is 4.17. The number of rotatable bonds is 5. The molecule has 0 radical (unpaired) electrons. The van der Waals surface area contributed by atoms with E-state index < -0.39 is 0 Å². The molecule has 3 heterocycles. The number of aromatic nitrogens is 1. The second-order valence-electron chi connectivity index (χ2n) is 8.05. The molecule has 1 amide bonds. The molecule has 0 atom stereocenters. The number of likely N-dealkylation sites (tertiary alicyclic amines) is 1. The zero-order valence-corrected chi connectivity index (χ0v) is 16.6. The molecule has 0 unspecified atom stereocenters. The highest BCUT2D eigenvalue weighted by molar-refractivity contribution is 5.94. The third-order valence-electron chi connectivity index (χ3n) is 5.93. The van der Waals surface area contributed by atoms with Crippen molar-refractivity contribution in [2.24, 2.45) is 5.92 Å². The van der Waals surface area contributed by atoms with Crippen LogP contribution in [0, 0.1) is 11.7 Å². The summed E-state index contributed by atoms with van der Waals surface area (Å²) in [6, 6.07) is 10.0. The predicted octanol–water partition coefficient (Wildman–Crippen LogP) is 3.51. The topological polar surface area (TPSA) is 54.5 Å². The van der Waals surface area contributed by atoms with E-state index in [2.05, 4.69) is 15.2 Å². The summed E-state index contributed by atoms with van der Waals surface area (Å²) in [4.78, 5) is 19.4. The molecule has 0 spiro atoms. The second-order valence-corrected chi connectivity index (χ2v) is 8.05. The Bertz CT molecular complexity index is 813. The summed E-state index contributed by atoms with van der Waals surface area (Å²) in [6.07, 6.45) is 5.84. The Hall–Kier alpha value is -2.31. The van der Waals surface area contributed by atoms with Crippen LogP contribution in [0.1, 0.15) is 36.0 Å². The van der Waals surface area contributed by atoms with Gasteiger partial charge in [-0.25, -0.2) is 4.39 Å². The van der Waals surface area contributed by atoms with E-state index in [0.29, 0.717) is 16.8 Å². The number of carbonyl (C=O) groups excluding carboxylic acids is 1. The van der Waals surface area contributed by atoms with Gasteiger partial charge in [0.05, 0.1) is 11.3 Å². The first-order valence-electron chi connectivity index (χ1n) is 10.5. The van der Waals surface area contributed by atoms with Crippen LogP contribution >= 0.6 is 0 Å². The number of nitrogens with one attached hydrogen (secondary N) is 1. The van der Waals surface area contributed by atoms with Gasteiger partial charge in [0.2, 0.25) is 0 Å². The number of ether oxygens (including phenoxy) is 1. The largest absolute Gasteiger partial charge is 0.381 e. The zero-order valence-electron chi connectivity index (χ0n) is 16.6. The van der Waals surface area contributed by atoms with Gasteiger partial charge in [-0.1, -0.05) is 12.1 Å². The third kappa shape index (κ3) is 5.40. The van der Waals surface area contributed by atoms with Crippen molar-refractivity contribution in [3.05, 3.63) is 54.0 Å². The number of amides is 1. The van der Waals surface area contributed by atoms with Crippen molar-refractivity contribution in [2.75, 3.05) is 32.8 Å². The quantitative estimate of drug-likeness (QED) is 0.839. The Morgan fingerprint density at radius 1 is 1.14 bits per heavy atom. The second kappa shape index (κ2) is 9.46. The van der Waals surface area contributed by atoms with Gasteiger partial charge in [-0.05, 0) is 55.9 Å². The lowest BCUT2D eigenvalue weighted by atomic mass is 9.97. The van der Waals surface area contributed by atoms with Gasteiger partial charge in [0.25, 0.3) is 5.91 Å². The Morgan fingerprint density at radius 2 is 1.93 bits per heavy atom. The molecule has 6 heteroatoms. The summed E-state index contributed by atoms with van der Waals surface area (Å²) in [5, 5.41) is 3.14. The molecule has 0 bridgehead atoms. The standard InChI is InChI=1S/C23H28FN3O2/c24-20-3-1-2-18(14-20)22-5-4-19(15-25-22)23(28)26-21-6-10-27(11-7-21)16-17-8-12-29-13-9-17/h1-5,14-15,17,21H,6-13,16H2,(H,26,28). The molecule has 2 aromatic rings. The Kier molecular flexibility index (Phi) is 6.52. The van der Waals surface area contributed by atoms with E-state index >= 15 is 0 Å². The van der Waals surface area contributed by atoms with E-state index in [9.17, 15) is 9.18 Å². The van der Waals surface area contributed by atoms with E-state index in [1.165, 1.54) is 12.1 Å². The number of hydrogen-bond acceptors (Lipinski definition) is 4. The highest BCUT2D eigenvalue weighted by Crippen LogP contribution is 2.20. The number of nitrogens with zero attached hydrogens (tertiary/aromatic N) is 2. The van der Waals surface area contributed by atoms with Crippen molar-refractivity contribution in [1.29, 1.82) is 0 Å². The molecular formula is C23H28FN3O2.